The maximum Gasteiger partial charge on any atom is 0.269 e. The molecule has 0 saturated carbocycles. The number of nitrogens with two attached hydrogens (primary N) is 1. The molecule has 1 amide bonds. The Labute approximate surface area is 113 Å². The molecule has 0 fully saturated rings. The maximum absolute atomic E-state index is 10.8. The van der Waals surface area contributed by atoms with Crippen molar-refractivity contribution in [3.63, 3.8) is 0 Å². The molecule has 0 aliphatic rings. The van der Waals surface area contributed by atoms with Gasteiger partial charge >= 0.3 is 0 Å². The molecule has 0 aliphatic heterocycles. The highest BCUT2D eigenvalue weighted by Gasteiger charge is 2.06. The lowest BCUT2D eigenvalue weighted by Crippen LogP contribution is -2.14. The van der Waals surface area contributed by atoms with Crippen molar-refractivity contribution < 1.29 is 9.72 Å². The first-order chi connectivity index (χ1) is 9.56. The quantitative estimate of drug-likeness (QED) is 0.620. The molecule has 1 aromatic heterocycles. The van der Waals surface area contributed by atoms with Gasteiger partial charge in [-0.3, -0.25) is 14.9 Å². The molecule has 1 aromatic carbocycles. The number of carbonyl (C=O) groups excluding carboxylic acids is 1. The van der Waals surface area contributed by atoms with Gasteiger partial charge in [-0.1, -0.05) is 12.1 Å². The van der Waals surface area contributed by atoms with Crippen LogP contribution in [0.3, 0.4) is 0 Å². The molecule has 0 saturated heterocycles. The first kappa shape index (κ1) is 13.4. The molecule has 3 N–H and O–H groups in total. The summed E-state index contributed by atoms with van der Waals surface area (Å²) in [6.45, 7) is 0.353. The number of anilines is 1. The summed E-state index contributed by atoms with van der Waals surface area (Å²) in [6.07, 6.45) is 0. The molecule has 0 radical (unpaired) electrons. The van der Waals surface area contributed by atoms with E-state index in [0.29, 0.717) is 12.4 Å². The fourth-order valence-electron chi connectivity index (χ4n) is 1.53. The van der Waals surface area contributed by atoms with Gasteiger partial charge in [0.25, 0.3) is 11.6 Å². The number of rotatable bonds is 5. The van der Waals surface area contributed by atoms with Gasteiger partial charge in [0, 0.05) is 18.7 Å². The number of amides is 1. The zero-order chi connectivity index (χ0) is 14.5. The smallest absolute Gasteiger partial charge is 0.269 e. The summed E-state index contributed by atoms with van der Waals surface area (Å²) in [4.78, 5) is 21.0. The van der Waals surface area contributed by atoms with Crippen LogP contribution in [0.2, 0.25) is 0 Å². The molecule has 0 unspecified atom stereocenters. The van der Waals surface area contributed by atoms with Gasteiger partial charge in [0.05, 0.1) is 4.92 Å². The van der Waals surface area contributed by atoms with Gasteiger partial charge in [-0.05, 0) is 17.7 Å². The van der Waals surface area contributed by atoms with Crippen LogP contribution < -0.4 is 11.1 Å². The molecular formula is C12H11N5O3. The van der Waals surface area contributed by atoms with Crippen LogP contribution >= 0.6 is 0 Å². The zero-order valence-electron chi connectivity index (χ0n) is 10.3. The van der Waals surface area contributed by atoms with Gasteiger partial charge in [-0.25, -0.2) is 0 Å². The summed E-state index contributed by atoms with van der Waals surface area (Å²) in [5.74, 6) is -0.204. The molecule has 102 valence electrons. The topological polar surface area (TPSA) is 124 Å². The van der Waals surface area contributed by atoms with Gasteiger partial charge in [0.1, 0.15) is 5.82 Å². The van der Waals surface area contributed by atoms with Gasteiger partial charge in [0.2, 0.25) is 0 Å². The standard InChI is InChI=1S/C12H11N5O3/c13-12(18)10-4-5-11(16-15-10)14-7-8-2-1-3-9(6-8)17(19)20/h1-6H,7H2,(H2,13,18)(H,14,16). The number of carbonyl (C=O) groups is 1. The molecule has 2 aromatic rings. The lowest BCUT2D eigenvalue weighted by Gasteiger charge is -2.05. The van der Waals surface area contributed by atoms with E-state index in [2.05, 4.69) is 15.5 Å². The lowest BCUT2D eigenvalue weighted by atomic mass is 10.2. The molecule has 8 nitrogen and oxygen atoms in total. The van der Waals surface area contributed by atoms with Crippen LogP contribution in [0.4, 0.5) is 11.5 Å². The zero-order valence-corrected chi connectivity index (χ0v) is 10.3. The van der Waals surface area contributed by atoms with Crippen LogP contribution in [0.25, 0.3) is 0 Å². The summed E-state index contributed by atoms with van der Waals surface area (Å²) in [5.41, 5.74) is 5.89. The third-order valence-electron chi connectivity index (χ3n) is 2.51. The highest BCUT2D eigenvalue weighted by atomic mass is 16.6. The van der Waals surface area contributed by atoms with Crippen LogP contribution in [-0.2, 0) is 6.54 Å². The first-order valence-electron chi connectivity index (χ1n) is 5.67. The molecule has 0 atom stereocenters. The van der Waals surface area contributed by atoms with E-state index in [1.807, 2.05) is 0 Å². The SMILES string of the molecule is NC(=O)c1ccc(NCc2cccc([N+](=O)[O-])c2)nn1. The van der Waals surface area contributed by atoms with Crippen LogP contribution in [0.5, 0.6) is 0 Å². The highest BCUT2D eigenvalue weighted by Crippen LogP contribution is 2.14. The predicted octanol–water partition coefficient (Wildman–Crippen LogP) is 1.10. The third kappa shape index (κ3) is 3.25. The van der Waals surface area contributed by atoms with Crippen molar-refractivity contribution >= 4 is 17.4 Å². The number of primary amides is 1. The Morgan fingerprint density at radius 2 is 2.10 bits per heavy atom. The Hall–Kier alpha value is -3.03. The second-order valence-corrected chi connectivity index (χ2v) is 3.95. The molecule has 0 bridgehead atoms. The van der Waals surface area contributed by atoms with E-state index in [1.54, 1.807) is 18.2 Å². The minimum absolute atomic E-state index is 0.0273. The van der Waals surface area contributed by atoms with Crippen LogP contribution in [0.1, 0.15) is 16.1 Å². The van der Waals surface area contributed by atoms with E-state index in [1.165, 1.54) is 18.2 Å². The molecule has 20 heavy (non-hydrogen) atoms. The average Bonchev–Trinajstić information content (AvgIpc) is 2.46. The summed E-state index contributed by atoms with van der Waals surface area (Å²) < 4.78 is 0. The van der Waals surface area contributed by atoms with Crippen molar-refractivity contribution in [1.82, 2.24) is 10.2 Å². The third-order valence-corrected chi connectivity index (χ3v) is 2.51. The minimum Gasteiger partial charge on any atom is -0.365 e. The van der Waals surface area contributed by atoms with Crippen molar-refractivity contribution in [2.45, 2.75) is 6.54 Å². The Morgan fingerprint density at radius 1 is 1.30 bits per heavy atom. The Balaban J connectivity index is 2.03. The lowest BCUT2D eigenvalue weighted by molar-refractivity contribution is -0.384. The van der Waals surface area contributed by atoms with E-state index < -0.39 is 10.8 Å². The fourth-order valence-corrected chi connectivity index (χ4v) is 1.53. The van der Waals surface area contributed by atoms with Gasteiger partial charge in [-0.2, -0.15) is 0 Å². The Bertz CT molecular complexity index is 642. The van der Waals surface area contributed by atoms with Crippen molar-refractivity contribution in [3.8, 4) is 0 Å². The molecule has 2 rings (SSSR count). The highest BCUT2D eigenvalue weighted by molar-refractivity contribution is 5.90. The molecule has 0 spiro atoms. The first-order valence-corrected chi connectivity index (χ1v) is 5.67. The van der Waals surface area contributed by atoms with Crippen LogP contribution in [0.15, 0.2) is 36.4 Å². The van der Waals surface area contributed by atoms with E-state index in [0.717, 1.165) is 5.56 Å². The Kier molecular flexibility index (Phi) is 3.85. The van der Waals surface area contributed by atoms with Crippen LogP contribution in [-0.4, -0.2) is 21.0 Å². The monoisotopic (exact) mass is 273 g/mol. The number of hydrogen-bond donors (Lipinski definition) is 2. The van der Waals surface area contributed by atoms with E-state index in [-0.39, 0.29) is 11.4 Å². The second-order valence-electron chi connectivity index (χ2n) is 3.95. The second kappa shape index (κ2) is 5.74. The summed E-state index contributed by atoms with van der Waals surface area (Å²) in [6, 6.07) is 9.26. The number of aromatic nitrogens is 2. The van der Waals surface area contributed by atoms with E-state index in [4.69, 9.17) is 5.73 Å². The molecular weight excluding hydrogens is 262 g/mol. The summed E-state index contributed by atoms with van der Waals surface area (Å²) in [5, 5.41) is 21.0. The van der Waals surface area contributed by atoms with Crippen LogP contribution in [0, 0.1) is 10.1 Å². The molecule has 0 aliphatic carbocycles. The largest absolute Gasteiger partial charge is 0.365 e. The number of nitro groups is 1. The average molecular weight is 273 g/mol. The number of benzene rings is 1. The van der Waals surface area contributed by atoms with Crippen molar-refractivity contribution in [1.29, 1.82) is 0 Å². The molecule has 1 heterocycles. The van der Waals surface area contributed by atoms with Gasteiger partial charge in [-0.15, -0.1) is 10.2 Å². The summed E-state index contributed by atoms with van der Waals surface area (Å²) in [7, 11) is 0. The minimum atomic E-state index is -0.650. The fraction of sp³-hybridized carbons (Fsp3) is 0.0833. The van der Waals surface area contributed by atoms with Gasteiger partial charge in [0.15, 0.2) is 5.69 Å². The van der Waals surface area contributed by atoms with E-state index >= 15 is 0 Å². The normalized spacial score (nSPS) is 10.0. The summed E-state index contributed by atoms with van der Waals surface area (Å²) >= 11 is 0. The molecule has 8 heteroatoms. The number of nitro benzene ring substituents is 1. The maximum atomic E-state index is 10.8. The number of non-ortho nitro benzene ring substituents is 1. The van der Waals surface area contributed by atoms with Crippen molar-refractivity contribution in [2.24, 2.45) is 5.73 Å². The van der Waals surface area contributed by atoms with E-state index in [9.17, 15) is 14.9 Å². The Morgan fingerprint density at radius 3 is 2.70 bits per heavy atom. The predicted molar refractivity (Wildman–Crippen MR) is 71.0 cm³/mol. The van der Waals surface area contributed by atoms with Gasteiger partial charge < -0.3 is 11.1 Å². The number of hydrogen-bond acceptors (Lipinski definition) is 6. The van der Waals surface area contributed by atoms with Crippen molar-refractivity contribution in [3.05, 3.63) is 57.8 Å². The van der Waals surface area contributed by atoms with Crippen molar-refractivity contribution in [2.75, 3.05) is 5.32 Å². The number of nitrogens with zero attached hydrogens (tertiary/aromatic N) is 3. The number of nitrogens with one attached hydrogen (secondary N) is 1.